The van der Waals surface area contributed by atoms with Gasteiger partial charge in [-0.3, -0.25) is 9.59 Å². The summed E-state index contributed by atoms with van der Waals surface area (Å²) in [5.74, 6) is -3.40. The van der Waals surface area contributed by atoms with Crippen molar-refractivity contribution in [1.82, 2.24) is 0 Å². The number of hydrogen-bond donors (Lipinski definition) is 2. The van der Waals surface area contributed by atoms with Crippen LogP contribution in [-0.4, -0.2) is 30.1 Å². The van der Waals surface area contributed by atoms with E-state index in [9.17, 15) is 19.5 Å². The standard InChI is InChI=1S/C24H27NO5S/c1-12-6-8-16(9-7-12)19-15(4)31-22(20(19)24(29)30-5)25-21(26)17-10-13(2)14(3)11-18(17)23(27)28/h6-9,17-18H,10-11H2,1-5H3,(H,25,26)(H,27,28)/t17-,18+/m0/s1. The van der Waals surface area contributed by atoms with Gasteiger partial charge in [-0.25, -0.2) is 4.79 Å². The highest BCUT2D eigenvalue weighted by Crippen LogP contribution is 2.42. The Morgan fingerprint density at radius 1 is 1.00 bits per heavy atom. The van der Waals surface area contributed by atoms with Gasteiger partial charge in [0.2, 0.25) is 5.91 Å². The molecular weight excluding hydrogens is 414 g/mol. The van der Waals surface area contributed by atoms with E-state index in [2.05, 4.69) is 5.32 Å². The first-order chi connectivity index (χ1) is 14.6. The Morgan fingerprint density at radius 2 is 1.58 bits per heavy atom. The molecule has 0 fully saturated rings. The molecule has 1 aliphatic carbocycles. The number of benzene rings is 1. The Balaban J connectivity index is 2.00. The molecule has 31 heavy (non-hydrogen) atoms. The van der Waals surface area contributed by atoms with Crippen LogP contribution in [0, 0.1) is 25.7 Å². The molecule has 7 heteroatoms. The van der Waals surface area contributed by atoms with Crippen molar-refractivity contribution in [2.45, 2.75) is 40.5 Å². The second-order valence-electron chi connectivity index (χ2n) is 8.10. The van der Waals surface area contributed by atoms with Gasteiger partial charge in [0.05, 0.1) is 18.9 Å². The molecule has 1 amide bonds. The quantitative estimate of drug-likeness (QED) is 0.491. The normalized spacial score (nSPS) is 18.6. The number of ether oxygens (including phenoxy) is 1. The molecule has 164 valence electrons. The summed E-state index contributed by atoms with van der Waals surface area (Å²) in [6, 6.07) is 7.78. The van der Waals surface area contributed by atoms with Crippen LogP contribution in [0.3, 0.4) is 0 Å². The summed E-state index contributed by atoms with van der Waals surface area (Å²) in [5.41, 5.74) is 5.02. The van der Waals surface area contributed by atoms with Crippen molar-refractivity contribution in [2.24, 2.45) is 11.8 Å². The van der Waals surface area contributed by atoms with Gasteiger partial charge in [-0.1, -0.05) is 41.0 Å². The molecule has 3 rings (SSSR count). The zero-order valence-corrected chi connectivity index (χ0v) is 19.2. The van der Waals surface area contributed by atoms with Gasteiger partial charge in [0.15, 0.2) is 0 Å². The van der Waals surface area contributed by atoms with Crippen molar-refractivity contribution >= 4 is 34.2 Å². The maximum absolute atomic E-state index is 13.2. The van der Waals surface area contributed by atoms with Gasteiger partial charge in [-0.2, -0.15) is 0 Å². The monoisotopic (exact) mass is 441 g/mol. The van der Waals surface area contributed by atoms with Gasteiger partial charge in [0.25, 0.3) is 0 Å². The third-order valence-corrected chi connectivity index (χ3v) is 6.99. The molecule has 2 aromatic rings. The van der Waals surface area contributed by atoms with Crippen LogP contribution in [0.4, 0.5) is 5.00 Å². The van der Waals surface area contributed by atoms with Crippen molar-refractivity contribution in [2.75, 3.05) is 12.4 Å². The number of methoxy groups -OCH3 is 1. The number of carbonyl (C=O) groups excluding carboxylic acids is 2. The number of allylic oxidation sites excluding steroid dienone is 2. The van der Waals surface area contributed by atoms with Crippen molar-refractivity contribution in [1.29, 1.82) is 0 Å². The summed E-state index contributed by atoms with van der Waals surface area (Å²) in [6.45, 7) is 7.71. The van der Waals surface area contributed by atoms with Crippen LogP contribution in [0.15, 0.2) is 35.4 Å². The van der Waals surface area contributed by atoms with E-state index in [0.29, 0.717) is 23.4 Å². The predicted octanol–water partition coefficient (Wildman–Crippen LogP) is 5.20. The fraction of sp³-hybridized carbons (Fsp3) is 0.375. The first-order valence-electron chi connectivity index (χ1n) is 10.1. The molecule has 6 nitrogen and oxygen atoms in total. The lowest BCUT2D eigenvalue weighted by Crippen LogP contribution is -2.36. The third kappa shape index (κ3) is 4.56. The largest absolute Gasteiger partial charge is 0.481 e. The number of nitrogens with one attached hydrogen (secondary N) is 1. The van der Waals surface area contributed by atoms with E-state index in [4.69, 9.17) is 4.74 Å². The molecule has 1 heterocycles. The lowest BCUT2D eigenvalue weighted by Gasteiger charge is -2.29. The number of anilines is 1. The average Bonchev–Trinajstić information content (AvgIpc) is 3.05. The van der Waals surface area contributed by atoms with E-state index >= 15 is 0 Å². The van der Waals surface area contributed by atoms with Crippen LogP contribution in [0.5, 0.6) is 0 Å². The van der Waals surface area contributed by atoms with Gasteiger partial charge >= 0.3 is 11.9 Å². The van der Waals surface area contributed by atoms with E-state index in [1.807, 2.05) is 52.0 Å². The van der Waals surface area contributed by atoms with Crippen LogP contribution in [-0.2, 0) is 14.3 Å². The number of esters is 1. The van der Waals surface area contributed by atoms with Gasteiger partial charge in [0, 0.05) is 10.4 Å². The summed E-state index contributed by atoms with van der Waals surface area (Å²) in [6.07, 6.45) is 0.735. The fourth-order valence-corrected chi connectivity index (χ4v) is 5.10. The maximum Gasteiger partial charge on any atom is 0.341 e. The summed E-state index contributed by atoms with van der Waals surface area (Å²) in [7, 11) is 1.30. The number of rotatable bonds is 5. The minimum Gasteiger partial charge on any atom is -0.481 e. The second kappa shape index (κ2) is 9.06. The molecule has 1 aromatic heterocycles. The predicted molar refractivity (Wildman–Crippen MR) is 121 cm³/mol. The van der Waals surface area contributed by atoms with Crippen LogP contribution in [0.25, 0.3) is 11.1 Å². The molecular formula is C24H27NO5S. The average molecular weight is 442 g/mol. The van der Waals surface area contributed by atoms with Crippen molar-refractivity contribution < 1.29 is 24.2 Å². The highest BCUT2D eigenvalue weighted by atomic mass is 32.1. The minimum atomic E-state index is -0.983. The lowest BCUT2D eigenvalue weighted by molar-refractivity contribution is -0.146. The molecule has 0 radical (unpaired) electrons. The third-order valence-electron chi connectivity index (χ3n) is 5.97. The van der Waals surface area contributed by atoms with E-state index in [1.54, 1.807) is 0 Å². The number of carboxylic acids is 1. The van der Waals surface area contributed by atoms with Gasteiger partial charge in [-0.15, -0.1) is 11.3 Å². The summed E-state index contributed by atoms with van der Waals surface area (Å²) in [5, 5.41) is 12.9. The molecule has 0 unspecified atom stereocenters. The number of carbonyl (C=O) groups is 3. The number of carboxylic acid groups (broad SMARTS) is 1. The first kappa shape index (κ1) is 22.7. The molecule has 2 N–H and O–H groups in total. The highest BCUT2D eigenvalue weighted by molar-refractivity contribution is 7.17. The Hall–Kier alpha value is -2.93. The van der Waals surface area contributed by atoms with Gasteiger partial charge in [-0.05, 0) is 46.1 Å². The van der Waals surface area contributed by atoms with E-state index in [0.717, 1.165) is 32.7 Å². The topological polar surface area (TPSA) is 92.7 Å². The SMILES string of the molecule is COC(=O)c1c(NC(=O)[C@H]2CC(C)=C(C)C[C@H]2C(=O)O)sc(C)c1-c1ccc(C)cc1. The summed E-state index contributed by atoms with van der Waals surface area (Å²) >= 11 is 1.29. The summed E-state index contributed by atoms with van der Waals surface area (Å²) < 4.78 is 5.01. The molecule has 0 saturated carbocycles. The van der Waals surface area contributed by atoms with E-state index in [-0.39, 0.29) is 5.91 Å². The number of aliphatic carboxylic acids is 1. The number of thiophene rings is 1. The molecule has 1 aromatic carbocycles. The van der Waals surface area contributed by atoms with E-state index < -0.39 is 23.8 Å². The maximum atomic E-state index is 13.2. The zero-order valence-electron chi connectivity index (χ0n) is 18.4. The molecule has 1 aliphatic rings. The highest BCUT2D eigenvalue weighted by Gasteiger charge is 2.38. The Kier molecular flexibility index (Phi) is 6.65. The number of hydrogen-bond acceptors (Lipinski definition) is 5. The number of aryl methyl sites for hydroxylation is 2. The van der Waals surface area contributed by atoms with Gasteiger partial charge in [0.1, 0.15) is 10.6 Å². The van der Waals surface area contributed by atoms with Crippen molar-refractivity contribution in [3.8, 4) is 11.1 Å². The molecule has 0 aliphatic heterocycles. The zero-order chi connectivity index (χ0) is 22.9. The van der Waals surface area contributed by atoms with Crippen molar-refractivity contribution in [3.63, 3.8) is 0 Å². The Bertz CT molecular complexity index is 1060. The number of amides is 1. The minimum absolute atomic E-state index is 0.299. The lowest BCUT2D eigenvalue weighted by atomic mass is 9.76. The van der Waals surface area contributed by atoms with Gasteiger partial charge < -0.3 is 15.2 Å². The van der Waals surface area contributed by atoms with Crippen molar-refractivity contribution in [3.05, 3.63) is 51.4 Å². The molecule has 0 bridgehead atoms. The Morgan fingerprint density at radius 3 is 2.13 bits per heavy atom. The second-order valence-corrected chi connectivity index (χ2v) is 9.33. The first-order valence-corrected chi connectivity index (χ1v) is 10.9. The smallest absolute Gasteiger partial charge is 0.341 e. The fourth-order valence-electron chi connectivity index (χ4n) is 4.03. The molecule has 0 saturated heterocycles. The molecule has 0 spiro atoms. The van der Waals surface area contributed by atoms with Crippen LogP contribution in [0.1, 0.15) is 47.5 Å². The van der Waals surface area contributed by atoms with Crippen LogP contribution < -0.4 is 5.32 Å². The molecule has 2 atom stereocenters. The summed E-state index contributed by atoms with van der Waals surface area (Å²) in [4.78, 5) is 38.5. The van der Waals surface area contributed by atoms with Crippen LogP contribution >= 0.6 is 11.3 Å². The van der Waals surface area contributed by atoms with E-state index in [1.165, 1.54) is 18.4 Å². The van der Waals surface area contributed by atoms with Crippen LogP contribution in [0.2, 0.25) is 0 Å². The Labute approximate surface area is 185 Å².